The Hall–Kier alpha value is -3.41. The Kier molecular flexibility index (Phi) is 7.06. The smallest absolute Gasteiger partial charge is 0.341 e. The Morgan fingerprint density at radius 3 is 2.58 bits per heavy atom. The van der Waals surface area contributed by atoms with Gasteiger partial charge in [0, 0.05) is 19.8 Å². The first kappa shape index (κ1) is 24.2. The Bertz CT molecular complexity index is 1240. The molecule has 0 aromatic carbocycles. The maximum Gasteiger partial charge on any atom is 0.341 e. The number of alkyl halides is 2. The van der Waals surface area contributed by atoms with Crippen molar-refractivity contribution in [3.63, 3.8) is 0 Å². The first-order chi connectivity index (χ1) is 15.6. The topological polar surface area (TPSA) is 106 Å². The van der Waals surface area contributed by atoms with Crippen molar-refractivity contribution < 1.29 is 27.9 Å². The van der Waals surface area contributed by atoms with Crippen LogP contribution >= 0.6 is 11.3 Å². The number of ether oxygens (including phenoxy) is 1. The summed E-state index contributed by atoms with van der Waals surface area (Å²) in [7, 11) is 3.14. The lowest BCUT2D eigenvalue weighted by atomic mass is 10.1. The first-order valence-electron chi connectivity index (χ1n) is 10.0. The van der Waals surface area contributed by atoms with Crippen LogP contribution in [0.25, 0.3) is 5.65 Å². The molecule has 0 aliphatic carbocycles. The van der Waals surface area contributed by atoms with E-state index in [2.05, 4.69) is 15.4 Å². The molecule has 3 aromatic rings. The molecule has 0 saturated heterocycles. The van der Waals surface area contributed by atoms with Gasteiger partial charge in [-0.15, -0.1) is 11.3 Å². The summed E-state index contributed by atoms with van der Waals surface area (Å²) >= 11 is 0.935. The number of rotatable bonds is 7. The van der Waals surface area contributed by atoms with Crippen LogP contribution < -0.4 is 5.32 Å². The lowest BCUT2D eigenvalue weighted by Gasteiger charge is -2.09. The van der Waals surface area contributed by atoms with Gasteiger partial charge in [-0.05, 0) is 31.9 Å². The van der Waals surface area contributed by atoms with E-state index in [0.717, 1.165) is 22.0 Å². The zero-order chi connectivity index (χ0) is 24.4. The Labute approximate surface area is 192 Å². The summed E-state index contributed by atoms with van der Waals surface area (Å²) in [4.78, 5) is 44.1. The molecule has 0 fully saturated rings. The van der Waals surface area contributed by atoms with Gasteiger partial charge in [-0.2, -0.15) is 5.10 Å². The number of nitrogens with zero attached hydrogens (tertiary/aromatic N) is 4. The summed E-state index contributed by atoms with van der Waals surface area (Å²) in [6.45, 7) is 5.14. The molecule has 176 valence electrons. The van der Waals surface area contributed by atoms with Crippen LogP contribution in [0.1, 0.15) is 67.1 Å². The highest BCUT2D eigenvalue weighted by atomic mass is 32.1. The molecule has 0 aliphatic heterocycles. The van der Waals surface area contributed by atoms with E-state index in [9.17, 15) is 23.2 Å². The molecule has 0 unspecified atom stereocenters. The molecular weight excluding hydrogens is 456 g/mol. The molecule has 3 heterocycles. The summed E-state index contributed by atoms with van der Waals surface area (Å²) in [6, 6.07) is 1.19. The van der Waals surface area contributed by atoms with Crippen LogP contribution in [-0.2, 0) is 4.74 Å². The zero-order valence-corrected chi connectivity index (χ0v) is 19.5. The zero-order valence-electron chi connectivity index (χ0n) is 18.7. The van der Waals surface area contributed by atoms with Gasteiger partial charge in [0.2, 0.25) is 0 Å². The minimum Gasteiger partial charge on any atom is -0.462 e. The van der Waals surface area contributed by atoms with Crippen molar-refractivity contribution in [2.45, 2.75) is 33.6 Å². The summed E-state index contributed by atoms with van der Waals surface area (Å²) in [5, 5.41) is 6.61. The number of carbonyl (C=O) groups excluding carboxylic acids is 3. The molecule has 12 heteroatoms. The Balaban J connectivity index is 2.05. The predicted molar refractivity (Wildman–Crippen MR) is 118 cm³/mol. The van der Waals surface area contributed by atoms with Gasteiger partial charge >= 0.3 is 5.97 Å². The van der Waals surface area contributed by atoms with Crippen molar-refractivity contribution >= 4 is 39.8 Å². The summed E-state index contributed by atoms with van der Waals surface area (Å²) in [5.41, 5.74) is 0.244. The maximum absolute atomic E-state index is 13.4. The molecule has 0 atom stereocenters. The lowest BCUT2D eigenvalue weighted by Crippen LogP contribution is -2.21. The normalized spacial score (nSPS) is 11.2. The number of hydrogen-bond acceptors (Lipinski definition) is 7. The van der Waals surface area contributed by atoms with Crippen molar-refractivity contribution in [3.8, 4) is 0 Å². The lowest BCUT2D eigenvalue weighted by molar-refractivity contribution is 0.0506. The summed E-state index contributed by atoms with van der Waals surface area (Å²) in [5.74, 6) is -1.72. The Morgan fingerprint density at radius 1 is 1.27 bits per heavy atom. The van der Waals surface area contributed by atoms with E-state index >= 15 is 0 Å². The van der Waals surface area contributed by atoms with Gasteiger partial charge in [0.25, 0.3) is 18.2 Å². The highest BCUT2D eigenvalue weighted by molar-refractivity contribution is 7.18. The number of thiophene rings is 1. The fraction of sp³-hybridized carbons (Fsp3) is 0.381. The van der Waals surface area contributed by atoms with Crippen LogP contribution in [0.4, 0.5) is 13.8 Å². The van der Waals surface area contributed by atoms with Crippen LogP contribution in [0.15, 0.2) is 12.3 Å². The van der Waals surface area contributed by atoms with Gasteiger partial charge in [0.05, 0.1) is 23.2 Å². The molecular formula is C21H23F2N5O4S. The number of amides is 2. The van der Waals surface area contributed by atoms with Crippen LogP contribution in [0, 0.1) is 13.8 Å². The highest BCUT2D eigenvalue weighted by Gasteiger charge is 2.29. The number of nitrogens with one attached hydrogen (secondary N) is 1. The molecule has 0 bridgehead atoms. The fourth-order valence-electron chi connectivity index (χ4n) is 3.12. The van der Waals surface area contributed by atoms with Crippen molar-refractivity contribution in [3.05, 3.63) is 45.2 Å². The van der Waals surface area contributed by atoms with Crippen LogP contribution in [0.5, 0.6) is 0 Å². The second-order valence-electron chi connectivity index (χ2n) is 7.47. The maximum atomic E-state index is 13.4. The van der Waals surface area contributed by atoms with Gasteiger partial charge in [0.15, 0.2) is 5.65 Å². The molecule has 0 aliphatic rings. The molecule has 9 nitrogen and oxygen atoms in total. The van der Waals surface area contributed by atoms with Gasteiger partial charge in [-0.25, -0.2) is 23.1 Å². The number of anilines is 1. The number of esters is 1. The van der Waals surface area contributed by atoms with Crippen LogP contribution in [0.3, 0.4) is 0 Å². The number of halogens is 2. The number of fused-ring (bicyclic) bond motifs is 1. The van der Waals surface area contributed by atoms with E-state index in [1.165, 1.54) is 17.9 Å². The molecule has 0 radical (unpaired) electrons. The number of hydrogen-bond donors (Lipinski definition) is 1. The van der Waals surface area contributed by atoms with E-state index in [1.54, 1.807) is 21.0 Å². The van der Waals surface area contributed by atoms with Crippen molar-refractivity contribution in [1.29, 1.82) is 0 Å². The van der Waals surface area contributed by atoms with Crippen molar-refractivity contribution in [1.82, 2.24) is 19.5 Å². The summed E-state index contributed by atoms with van der Waals surface area (Å²) < 4.78 is 32.9. The monoisotopic (exact) mass is 479 g/mol. The average molecular weight is 480 g/mol. The second kappa shape index (κ2) is 9.61. The van der Waals surface area contributed by atoms with Crippen molar-refractivity contribution in [2.24, 2.45) is 0 Å². The molecule has 0 spiro atoms. The third-order valence-corrected chi connectivity index (χ3v) is 5.91. The van der Waals surface area contributed by atoms with Gasteiger partial charge < -0.3 is 15.0 Å². The Morgan fingerprint density at radius 2 is 1.97 bits per heavy atom. The molecule has 1 N–H and O–H groups in total. The molecule has 3 aromatic heterocycles. The first-order valence-corrected chi connectivity index (χ1v) is 10.8. The van der Waals surface area contributed by atoms with Crippen LogP contribution in [-0.4, -0.2) is 58.0 Å². The van der Waals surface area contributed by atoms with Gasteiger partial charge in [0.1, 0.15) is 16.3 Å². The summed E-state index contributed by atoms with van der Waals surface area (Å²) in [6.07, 6.45) is -1.09. The average Bonchev–Trinajstić information content (AvgIpc) is 3.31. The molecule has 3 rings (SSSR count). The molecule has 0 saturated carbocycles. The van der Waals surface area contributed by atoms with Gasteiger partial charge in [-0.1, -0.05) is 6.92 Å². The number of carbonyl (C=O) groups is 3. The minimum absolute atomic E-state index is 0.0456. The third kappa shape index (κ3) is 4.70. The van der Waals surface area contributed by atoms with Gasteiger partial charge in [-0.3, -0.25) is 9.59 Å². The molecule has 2 amide bonds. The molecule has 33 heavy (non-hydrogen) atoms. The van der Waals surface area contributed by atoms with Crippen molar-refractivity contribution in [2.75, 3.05) is 26.0 Å². The van der Waals surface area contributed by atoms with E-state index in [-0.39, 0.29) is 39.2 Å². The predicted octanol–water partition coefficient (Wildman–Crippen LogP) is 3.87. The quantitative estimate of drug-likeness (QED) is 0.516. The van der Waals surface area contributed by atoms with E-state index in [1.807, 2.05) is 6.92 Å². The fourth-order valence-corrected chi connectivity index (χ4v) is 4.33. The SMILES string of the molecule is CCCOC(=O)c1c(NC(=O)c2cnn3c(C(F)F)cc(C)nc23)sc(C(=O)N(C)C)c1C. The minimum atomic E-state index is -2.82. The largest absolute Gasteiger partial charge is 0.462 e. The van der Waals surface area contributed by atoms with E-state index in [0.29, 0.717) is 17.7 Å². The van der Waals surface area contributed by atoms with E-state index in [4.69, 9.17) is 4.74 Å². The van der Waals surface area contributed by atoms with E-state index < -0.39 is 24.0 Å². The highest BCUT2D eigenvalue weighted by Crippen LogP contribution is 2.35. The standard InChI is InChI=1S/C21H23F2N5O4S/c1-6-7-32-21(31)14-11(3)15(20(30)27(4)5)33-19(14)26-18(29)12-9-24-28-13(16(22)23)8-10(2)25-17(12)28/h8-9,16H,6-7H2,1-5H3,(H,26,29). The number of aromatic nitrogens is 3. The third-order valence-electron chi connectivity index (χ3n) is 4.71. The number of aryl methyl sites for hydroxylation is 1. The second-order valence-corrected chi connectivity index (χ2v) is 8.49. The van der Waals surface area contributed by atoms with Crippen LogP contribution in [0.2, 0.25) is 0 Å².